The highest BCUT2D eigenvalue weighted by molar-refractivity contribution is 7.17. The maximum Gasteiger partial charge on any atom is 0.194 e. The van der Waals surface area contributed by atoms with Gasteiger partial charge in [0, 0.05) is 22.2 Å². The van der Waals surface area contributed by atoms with Crippen LogP contribution < -0.4 is 4.74 Å². The molecule has 4 nitrogen and oxygen atoms in total. The summed E-state index contributed by atoms with van der Waals surface area (Å²) in [6.07, 6.45) is 5.54. The number of hydrogen-bond acceptors (Lipinski definition) is 4. The summed E-state index contributed by atoms with van der Waals surface area (Å²) in [5, 5.41) is 0. The van der Waals surface area contributed by atoms with Gasteiger partial charge in [-0.2, -0.15) is 0 Å². The second kappa shape index (κ2) is 8.88. The number of aromatic nitrogens is 2. The molecule has 0 atom stereocenters. The number of methoxy groups -OCH3 is 1. The van der Waals surface area contributed by atoms with Crippen molar-refractivity contribution in [3.8, 4) is 28.1 Å². The highest BCUT2D eigenvalue weighted by Gasteiger charge is 2.15. The number of carbonyl (C=O) groups excluding carboxylic acids is 1. The maximum atomic E-state index is 12.9. The van der Waals surface area contributed by atoms with Crippen molar-refractivity contribution in [2.24, 2.45) is 0 Å². The zero-order valence-corrected chi connectivity index (χ0v) is 19.2. The number of allylic oxidation sites excluding steroid dienone is 1. The van der Waals surface area contributed by atoms with Gasteiger partial charge in [-0.1, -0.05) is 54.6 Å². The lowest BCUT2D eigenvalue weighted by molar-refractivity contribution is 0.104. The molecule has 2 heterocycles. The number of nitrogens with zero attached hydrogens (tertiary/aromatic N) is 2. The summed E-state index contributed by atoms with van der Waals surface area (Å²) in [6.45, 7) is 2.05. The quantitative estimate of drug-likeness (QED) is 0.208. The standard InChI is InChI=1S/C28H22N2O2S/c1-19-18-30-25(27(29-28(30)33-19)23-12-14-24(32-2)15-13-23)16-17-26(31)22-10-8-21(9-11-22)20-6-4-3-5-7-20/h3-18H,1-2H3/b17-16+. The minimum Gasteiger partial charge on any atom is -0.497 e. The van der Waals surface area contributed by atoms with E-state index in [9.17, 15) is 4.79 Å². The molecule has 0 bridgehead atoms. The number of ketones is 1. The van der Waals surface area contributed by atoms with E-state index in [1.807, 2.05) is 77.2 Å². The molecule has 0 aliphatic carbocycles. The molecule has 0 unspecified atom stereocenters. The van der Waals surface area contributed by atoms with E-state index in [0.29, 0.717) is 5.56 Å². The van der Waals surface area contributed by atoms with Crippen LogP contribution in [0.2, 0.25) is 0 Å². The van der Waals surface area contributed by atoms with E-state index in [4.69, 9.17) is 9.72 Å². The van der Waals surface area contributed by atoms with Gasteiger partial charge in [0.2, 0.25) is 0 Å². The molecule has 0 amide bonds. The van der Waals surface area contributed by atoms with Gasteiger partial charge in [-0.25, -0.2) is 4.98 Å². The minimum absolute atomic E-state index is 0.0443. The van der Waals surface area contributed by atoms with Crippen molar-refractivity contribution in [1.82, 2.24) is 9.38 Å². The maximum absolute atomic E-state index is 12.9. The topological polar surface area (TPSA) is 43.6 Å². The second-order valence-electron chi connectivity index (χ2n) is 7.71. The van der Waals surface area contributed by atoms with Crippen LogP contribution in [0.5, 0.6) is 5.75 Å². The van der Waals surface area contributed by atoms with Crippen molar-refractivity contribution in [3.63, 3.8) is 0 Å². The Morgan fingerprint density at radius 1 is 0.909 bits per heavy atom. The van der Waals surface area contributed by atoms with Gasteiger partial charge in [0.15, 0.2) is 10.7 Å². The van der Waals surface area contributed by atoms with E-state index in [2.05, 4.69) is 25.3 Å². The first-order chi connectivity index (χ1) is 16.1. The largest absolute Gasteiger partial charge is 0.497 e. The number of aryl methyl sites for hydroxylation is 1. The summed E-state index contributed by atoms with van der Waals surface area (Å²) in [5.74, 6) is 0.749. The Bertz CT molecular complexity index is 1440. The van der Waals surface area contributed by atoms with E-state index in [1.54, 1.807) is 24.5 Å². The first-order valence-electron chi connectivity index (χ1n) is 10.6. The van der Waals surface area contributed by atoms with Gasteiger partial charge in [0.05, 0.1) is 18.5 Å². The van der Waals surface area contributed by atoms with E-state index in [1.165, 1.54) is 0 Å². The molecule has 162 valence electrons. The molecule has 0 aliphatic heterocycles. The monoisotopic (exact) mass is 450 g/mol. The average Bonchev–Trinajstić information content (AvgIpc) is 3.39. The van der Waals surface area contributed by atoms with Crippen molar-refractivity contribution in [2.45, 2.75) is 6.92 Å². The third-order valence-corrected chi connectivity index (χ3v) is 6.41. The third kappa shape index (κ3) is 4.23. The average molecular weight is 451 g/mol. The molecule has 0 spiro atoms. The van der Waals surface area contributed by atoms with E-state index in [-0.39, 0.29) is 5.78 Å². The van der Waals surface area contributed by atoms with Crippen LogP contribution >= 0.6 is 11.3 Å². The van der Waals surface area contributed by atoms with Crippen molar-refractivity contribution >= 4 is 28.2 Å². The fraction of sp³-hybridized carbons (Fsp3) is 0.0714. The molecule has 5 heteroatoms. The summed E-state index contributed by atoms with van der Waals surface area (Å²) < 4.78 is 7.32. The van der Waals surface area contributed by atoms with Crippen molar-refractivity contribution < 1.29 is 9.53 Å². The Hall–Kier alpha value is -3.96. The normalized spacial score (nSPS) is 11.3. The molecule has 0 saturated carbocycles. The van der Waals surface area contributed by atoms with Crippen LogP contribution in [0.15, 0.2) is 91.1 Å². The zero-order chi connectivity index (χ0) is 22.8. The lowest BCUT2D eigenvalue weighted by Gasteiger charge is -2.04. The number of carbonyl (C=O) groups is 1. The lowest BCUT2D eigenvalue weighted by atomic mass is 10.0. The number of rotatable bonds is 6. The number of imidazole rings is 1. The van der Waals surface area contributed by atoms with Crippen molar-refractivity contribution in [3.05, 3.63) is 107 Å². The first-order valence-corrected chi connectivity index (χ1v) is 11.4. The van der Waals surface area contributed by atoms with E-state index in [0.717, 1.165) is 43.7 Å². The van der Waals surface area contributed by atoms with Crippen LogP contribution in [-0.2, 0) is 0 Å². The highest BCUT2D eigenvalue weighted by atomic mass is 32.1. The zero-order valence-electron chi connectivity index (χ0n) is 18.4. The van der Waals surface area contributed by atoms with Gasteiger partial charge in [-0.3, -0.25) is 9.20 Å². The van der Waals surface area contributed by atoms with Gasteiger partial charge in [0.25, 0.3) is 0 Å². The van der Waals surface area contributed by atoms with Crippen LogP contribution in [0.25, 0.3) is 33.4 Å². The fourth-order valence-electron chi connectivity index (χ4n) is 3.80. The molecule has 0 aliphatic rings. The summed E-state index contributed by atoms with van der Waals surface area (Å²) in [6, 6.07) is 25.7. The molecule has 5 rings (SSSR count). The molecule has 2 aromatic heterocycles. The molecule has 3 aromatic carbocycles. The van der Waals surface area contributed by atoms with Crippen LogP contribution in [0.1, 0.15) is 20.9 Å². The smallest absolute Gasteiger partial charge is 0.194 e. The number of hydrogen-bond donors (Lipinski definition) is 0. The fourth-order valence-corrected chi connectivity index (χ4v) is 4.63. The number of fused-ring (bicyclic) bond motifs is 1. The molecule has 5 aromatic rings. The summed E-state index contributed by atoms with van der Waals surface area (Å²) in [4.78, 5) is 19.8. The summed E-state index contributed by atoms with van der Waals surface area (Å²) in [5.41, 5.74) is 5.57. The van der Waals surface area contributed by atoms with E-state index < -0.39 is 0 Å². The lowest BCUT2D eigenvalue weighted by Crippen LogP contribution is -1.95. The van der Waals surface area contributed by atoms with E-state index >= 15 is 0 Å². The molecule has 0 fully saturated rings. The highest BCUT2D eigenvalue weighted by Crippen LogP contribution is 2.30. The number of ether oxygens (including phenoxy) is 1. The second-order valence-corrected chi connectivity index (χ2v) is 8.92. The summed E-state index contributed by atoms with van der Waals surface area (Å²) in [7, 11) is 1.65. The Morgan fingerprint density at radius 3 is 2.27 bits per heavy atom. The van der Waals surface area contributed by atoms with Gasteiger partial charge < -0.3 is 4.74 Å². The van der Waals surface area contributed by atoms with Gasteiger partial charge in [0.1, 0.15) is 5.75 Å². The number of benzene rings is 3. The predicted octanol–water partition coefficient (Wildman–Crippen LogP) is 6.94. The third-order valence-electron chi connectivity index (χ3n) is 5.51. The number of thiazole rings is 1. The molecular formula is C28H22N2O2S. The molecule has 33 heavy (non-hydrogen) atoms. The molecule has 0 N–H and O–H groups in total. The van der Waals surface area contributed by atoms with Crippen LogP contribution in [0, 0.1) is 6.92 Å². The Balaban J connectivity index is 1.46. The Kier molecular flexibility index (Phi) is 5.63. The summed E-state index contributed by atoms with van der Waals surface area (Å²) >= 11 is 1.63. The minimum atomic E-state index is -0.0443. The van der Waals surface area contributed by atoms with Gasteiger partial charge in [-0.05, 0) is 54.5 Å². The first kappa shape index (κ1) is 20.9. The van der Waals surface area contributed by atoms with Crippen LogP contribution in [0.4, 0.5) is 0 Å². The van der Waals surface area contributed by atoms with Crippen molar-refractivity contribution in [1.29, 1.82) is 0 Å². The molecule has 0 radical (unpaired) electrons. The van der Waals surface area contributed by atoms with Gasteiger partial charge in [-0.15, -0.1) is 11.3 Å². The van der Waals surface area contributed by atoms with Crippen molar-refractivity contribution in [2.75, 3.05) is 7.11 Å². The predicted molar refractivity (Wildman–Crippen MR) is 135 cm³/mol. The molecule has 0 saturated heterocycles. The van der Waals surface area contributed by atoms with Gasteiger partial charge >= 0.3 is 0 Å². The van der Waals surface area contributed by atoms with Crippen LogP contribution in [0.3, 0.4) is 0 Å². The Morgan fingerprint density at radius 2 is 1.58 bits per heavy atom. The Labute approximate surface area is 196 Å². The van der Waals surface area contributed by atoms with Crippen LogP contribution in [-0.4, -0.2) is 22.3 Å². The molecular weight excluding hydrogens is 428 g/mol. The SMILES string of the molecule is COc1ccc(-c2nc3sc(C)cn3c2/C=C/C(=O)c2ccc(-c3ccccc3)cc2)cc1.